The van der Waals surface area contributed by atoms with Crippen LogP contribution in [0.15, 0.2) is 54.8 Å². The van der Waals surface area contributed by atoms with E-state index in [1.165, 1.54) is 5.56 Å². The molecule has 2 aliphatic carbocycles. The SMILES string of the molecule is C/C=C/CCc1ccc(C2C=CC(C3CCC(C(F)(F)Oc4cc(F)c(C(F)(F)F)c(F)c4)CC3)CC2)nc1. The van der Waals surface area contributed by atoms with Crippen LogP contribution in [0.4, 0.5) is 30.7 Å². The molecule has 1 heterocycles. The van der Waals surface area contributed by atoms with Crippen LogP contribution in [0.5, 0.6) is 5.75 Å². The number of ether oxygens (including phenoxy) is 1. The lowest BCUT2D eigenvalue weighted by Crippen LogP contribution is -2.38. The van der Waals surface area contributed by atoms with Crippen LogP contribution in [0.25, 0.3) is 0 Å². The van der Waals surface area contributed by atoms with Crippen LogP contribution in [-0.4, -0.2) is 11.1 Å². The van der Waals surface area contributed by atoms with Gasteiger partial charge < -0.3 is 4.74 Å². The largest absolute Gasteiger partial charge is 0.432 e. The number of allylic oxidation sites excluding steroid dienone is 4. The van der Waals surface area contributed by atoms with Crippen LogP contribution >= 0.6 is 0 Å². The number of halogens is 7. The fourth-order valence-corrected chi connectivity index (χ4v) is 5.70. The van der Waals surface area contributed by atoms with Gasteiger partial charge in [0, 0.05) is 29.9 Å². The first kappa shape index (κ1) is 29.2. The number of aromatic nitrogens is 1. The van der Waals surface area contributed by atoms with E-state index < -0.39 is 41.2 Å². The van der Waals surface area contributed by atoms with Crippen molar-refractivity contribution >= 4 is 0 Å². The summed E-state index contributed by atoms with van der Waals surface area (Å²) in [6, 6.07) is 4.49. The minimum Gasteiger partial charge on any atom is -0.432 e. The summed E-state index contributed by atoms with van der Waals surface area (Å²) < 4.78 is 100.0. The van der Waals surface area contributed by atoms with E-state index in [1.54, 1.807) is 0 Å². The number of pyridine rings is 1. The van der Waals surface area contributed by atoms with Gasteiger partial charge in [-0.3, -0.25) is 4.98 Å². The molecule has 2 unspecified atom stereocenters. The summed E-state index contributed by atoms with van der Waals surface area (Å²) in [7, 11) is 0. The Morgan fingerprint density at radius 1 is 0.923 bits per heavy atom. The van der Waals surface area contributed by atoms with Crippen LogP contribution in [0.2, 0.25) is 0 Å². The van der Waals surface area contributed by atoms with Gasteiger partial charge in [-0.2, -0.15) is 22.0 Å². The molecule has 212 valence electrons. The number of rotatable bonds is 8. The van der Waals surface area contributed by atoms with Crippen molar-refractivity contribution in [2.24, 2.45) is 17.8 Å². The van der Waals surface area contributed by atoms with Gasteiger partial charge in [0.05, 0.1) is 5.92 Å². The lowest BCUT2D eigenvalue weighted by Gasteiger charge is -2.37. The second-order valence-corrected chi connectivity index (χ2v) is 10.5. The Labute approximate surface area is 224 Å². The van der Waals surface area contributed by atoms with Gasteiger partial charge in [0.15, 0.2) is 0 Å². The van der Waals surface area contributed by atoms with Crippen molar-refractivity contribution in [3.63, 3.8) is 0 Å². The number of benzene rings is 1. The fraction of sp³-hybridized carbons (Fsp3) is 0.500. The standard InChI is InChI=1S/C30H32F7NO/c1-2-3-4-5-19-6-15-27(38-18-19)22-9-7-20(8-10-22)21-11-13-23(14-12-21)30(36,37)39-24-16-25(31)28(26(32)17-24)29(33,34)35/h2-3,6-7,9,15-18,20-23H,4-5,8,10-14H2,1H3/b3-2+. The zero-order valence-corrected chi connectivity index (χ0v) is 21.7. The van der Waals surface area contributed by atoms with Crippen molar-refractivity contribution in [1.82, 2.24) is 4.98 Å². The molecule has 1 aromatic heterocycles. The second kappa shape index (κ2) is 12.1. The highest BCUT2D eigenvalue weighted by Gasteiger charge is 2.45. The molecule has 2 atom stereocenters. The molecule has 1 fully saturated rings. The summed E-state index contributed by atoms with van der Waals surface area (Å²) >= 11 is 0. The summed E-state index contributed by atoms with van der Waals surface area (Å²) in [5.74, 6) is -5.41. The number of hydrogen-bond acceptors (Lipinski definition) is 2. The first-order valence-electron chi connectivity index (χ1n) is 13.3. The maximum atomic E-state index is 14.8. The molecule has 2 aromatic rings. The molecule has 0 N–H and O–H groups in total. The first-order chi connectivity index (χ1) is 18.5. The summed E-state index contributed by atoms with van der Waals surface area (Å²) in [5.41, 5.74) is 0.0890. The molecule has 0 amide bonds. The van der Waals surface area contributed by atoms with Gasteiger partial charge in [-0.1, -0.05) is 30.4 Å². The molecular formula is C30H32F7NO. The molecule has 0 saturated heterocycles. The van der Waals surface area contributed by atoms with E-state index in [4.69, 9.17) is 0 Å². The Bertz CT molecular complexity index is 1140. The quantitative estimate of drug-likeness (QED) is 0.239. The van der Waals surface area contributed by atoms with Gasteiger partial charge in [-0.05, 0) is 81.8 Å². The predicted molar refractivity (Wildman–Crippen MR) is 134 cm³/mol. The van der Waals surface area contributed by atoms with Crippen molar-refractivity contribution in [3.8, 4) is 5.75 Å². The van der Waals surface area contributed by atoms with Crippen molar-refractivity contribution in [1.29, 1.82) is 0 Å². The molecule has 1 saturated carbocycles. The highest BCUT2D eigenvalue weighted by atomic mass is 19.4. The molecule has 2 nitrogen and oxygen atoms in total. The number of hydrogen-bond donors (Lipinski definition) is 0. The highest BCUT2D eigenvalue weighted by Crippen LogP contribution is 2.45. The average Bonchev–Trinajstić information content (AvgIpc) is 2.88. The third-order valence-corrected chi connectivity index (χ3v) is 7.87. The number of aryl methyl sites for hydroxylation is 1. The molecule has 0 bridgehead atoms. The topological polar surface area (TPSA) is 22.1 Å². The molecule has 39 heavy (non-hydrogen) atoms. The maximum absolute atomic E-state index is 14.8. The average molecular weight is 556 g/mol. The van der Waals surface area contributed by atoms with Crippen LogP contribution in [-0.2, 0) is 12.6 Å². The number of alkyl halides is 5. The Morgan fingerprint density at radius 3 is 2.15 bits per heavy atom. The van der Waals surface area contributed by atoms with E-state index >= 15 is 0 Å². The Morgan fingerprint density at radius 2 is 1.62 bits per heavy atom. The molecule has 4 rings (SSSR count). The molecule has 1 aromatic carbocycles. The third-order valence-electron chi connectivity index (χ3n) is 7.87. The smallest absolute Gasteiger partial charge is 0.422 e. The molecule has 0 radical (unpaired) electrons. The zero-order valence-electron chi connectivity index (χ0n) is 21.7. The number of nitrogens with zero attached hydrogens (tertiary/aromatic N) is 1. The monoisotopic (exact) mass is 555 g/mol. The van der Waals surface area contributed by atoms with Gasteiger partial charge in [-0.25, -0.2) is 8.78 Å². The van der Waals surface area contributed by atoms with Gasteiger partial charge in [0.25, 0.3) is 0 Å². The Hall–Kier alpha value is -2.84. The van der Waals surface area contributed by atoms with E-state index in [9.17, 15) is 30.7 Å². The summed E-state index contributed by atoms with van der Waals surface area (Å²) in [5, 5.41) is 0. The fourth-order valence-electron chi connectivity index (χ4n) is 5.70. The minimum atomic E-state index is -5.28. The van der Waals surface area contributed by atoms with E-state index in [0.717, 1.165) is 31.4 Å². The van der Waals surface area contributed by atoms with Crippen molar-refractivity contribution in [2.45, 2.75) is 76.5 Å². The Kier molecular flexibility index (Phi) is 9.07. The molecule has 0 aliphatic heterocycles. The Balaban J connectivity index is 1.30. The predicted octanol–water partition coefficient (Wildman–Crippen LogP) is 9.42. The second-order valence-electron chi connectivity index (χ2n) is 10.5. The van der Waals surface area contributed by atoms with Gasteiger partial charge in [0.1, 0.15) is 22.9 Å². The molecular weight excluding hydrogens is 523 g/mol. The lowest BCUT2D eigenvalue weighted by molar-refractivity contribution is -0.224. The lowest BCUT2D eigenvalue weighted by atomic mass is 9.71. The zero-order chi connectivity index (χ0) is 28.2. The van der Waals surface area contributed by atoms with E-state index in [-0.39, 0.29) is 42.7 Å². The molecule has 0 spiro atoms. The van der Waals surface area contributed by atoms with E-state index in [2.05, 4.69) is 40.1 Å². The highest BCUT2D eigenvalue weighted by molar-refractivity contribution is 5.32. The van der Waals surface area contributed by atoms with Crippen molar-refractivity contribution in [3.05, 3.63) is 83.2 Å². The first-order valence-corrected chi connectivity index (χ1v) is 13.3. The normalized spacial score (nSPS) is 24.3. The maximum Gasteiger partial charge on any atom is 0.422 e. The van der Waals surface area contributed by atoms with Gasteiger partial charge in [-0.15, -0.1) is 0 Å². The third kappa shape index (κ3) is 7.22. The molecule has 2 aliphatic rings. The van der Waals surface area contributed by atoms with Crippen LogP contribution in [0, 0.1) is 29.4 Å². The minimum absolute atomic E-state index is 0.146. The van der Waals surface area contributed by atoms with Crippen LogP contribution in [0.3, 0.4) is 0 Å². The van der Waals surface area contributed by atoms with Crippen molar-refractivity contribution in [2.75, 3.05) is 0 Å². The van der Waals surface area contributed by atoms with Crippen molar-refractivity contribution < 1.29 is 35.5 Å². The van der Waals surface area contributed by atoms with E-state index in [0.29, 0.717) is 12.8 Å². The van der Waals surface area contributed by atoms with E-state index in [1.807, 2.05) is 19.2 Å². The summed E-state index contributed by atoms with van der Waals surface area (Å²) in [6.45, 7) is 2.00. The summed E-state index contributed by atoms with van der Waals surface area (Å²) in [6.07, 6.45) is 6.53. The van der Waals surface area contributed by atoms with Gasteiger partial charge >= 0.3 is 12.3 Å². The van der Waals surface area contributed by atoms with Crippen LogP contribution in [0.1, 0.15) is 74.6 Å². The van der Waals surface area contributed by atoms with Crippen LogP contribution < -0.4 is 4.74 Å². The molecule has 9 heteroatoms. The summed E-state index contributed by atoms with van der Waals surface area (Å²) in [4.78, 5) is 4.64. The van der Waals surface area contributed by atoms with Gasteiger partial charge in [0.2, 0.25) is 0 Å².